The lowest BCUT2D eigenvalue weighted by Gasteiger charge is -2.28. The molecule has 0 saturated carbocycles. The molecule has 2 aliphatic heterocycles. The Hall–Kier alpha value is -1.62. The van der Waals surface area contributed by atoms with Crippen molar-refractivity contribution in [2.45, 2.75) is 12.2 Å². The second kappa shape index (κ2) is 3.43. The normalized spacial score (nSPS) is 38.7. The Morgan fingerprint density at radius 3 is 1.71 bits per heavy atom. The van der Waals surface area contributed by atoms with Crippen LogP contribution in [0.5, 0.6) is 0 Å². The molecule has 5 nitrogen and oxygen atoms in total. The highest BCUT2D eigenvalue weighted by Crippen LogP contribution is 2.49. The van der Waals surface area contributed by atoms with E-state index in [1.54, 1.807) is 0 Å². The summed E-state index contributed by atoms with van der Waals surface area (Å²) in [4.78, 5) is 23.7. The van der Waals surface area contributed by atoms with Crippen molar-refractivity contribution in [2.24, 2.45) is 11.8 Å². The third-order valence-corrected chi connectivity index (χ3v) is 3.60. The Balaban J connectivity index is 2.07. The zero-order valence-corrected chi connectivity index (χ0v) is 9.51. The summed E-state index contributed by atoms with van der Waals surface area (Å²) in [6.45, 7) is 0. The van der Waals surface area contributed by atoms with E-state index in [1.165, 1.54) is 26.4 Å². The lowest BCUT2D eigenvalue weighted by molar-refractivity contribution is -0.129. The predicted molar refractivity (Wildman–Crippen MR) is 55.8 cm³/mol. The van der Waals surface area contributed by atoms with Gasteiger partial charge in [0, 0.05) is 0 Å². The molecule has 1 aliphatic carbocycles. The van der Waals surface area contributed by atoms with Crippen molar-refractivity contribution < 1.29 is 23.8 Å². The molecule has 0 aromatic rings. The van der Waals surface area contributed by atoms with Crippen LogP contribution in [-0.4, -0.2) is 38.0 Å². The van der Waals surface area contributed by atoms with E-state index in [9.17, 15) is 9.59 Å². The van der Waals surface area contributed by atoms with Crippen molar-refractivity contribution in [3.8, 4) is 0 Å². The number of fused-ring (bicyclic) bond motifs is 5. The van der Waals surface area contributed by atoms with Gasteiger partial charge in [-0.05, 0) is 12.2 Å². The van der Waals surface area contributed by atoms with Crippen molar-refractivity contribution in [2.75, 3.05) is 14.2 Å². The number of hydrogen-bond acceptors (Lipinski definition) is 5. The molecule has 2 heterocycles. The highest BCUT2D eigenvalue weighted by atomic mass is 16.6. The van der Waals surface area contributed by atoms with Gasteiger partial charge in [-0.1, -0.05) is 0 Å². The van der Waals surface area contributed by atoms with Crippen molar-refractivity contribution >= 4 is 11.6 Å². The minimum atomic E-state index is -0.480. The topological polar surface area (TPSA) is 61.8 Å². The van der Waals surface area contributed by atoms with Gasteiger partial charge in [0.15, 0.2) is 23.1 Å². The van der Waals surface area contributed by atoms with Crippen LogP contribution in [0, 0.1) is 11.8 Å². The molecule has 0 radical (unpaired) electrons. The van der Waals surface area contributed by atoms with Crippen LogP contribution in [0.4, 0.5) is 0 Å². The monoisotopic (exact) mass is 236 g/mol. The van der Waals surface area contributed by atoms with Crippen molar-refractivity contribution in [3.05, 3.63) is 23.7 Å². The first-order valence-corrected chi connectivity index (χ1v) is 5.42. The van der Waals surface area contributed by atoms with E-state index < -0.39 is 24.0 Å². The maximum absolute atomic E-state index is 11.8. The Kier molecular flexibility index (Phi) is 2.13. The SMILES string of the molecule is COC1=C(OC)[C@@H]2O[C@H]1[C@@H]1C(=O)C=CC(=O)[C@@H]12. The second-order valence-corrected chi connectivity index (χ2v) is 4.30. The number of carbonyl (C=O) groups excluding carboxylic acids is 2. The van der Waals surface area contributed by atoms with Gasteiger partial charge in [0.2, 0.25) is 0 Å². The summed E-state index contributed by atoms with van der Waals surface area (Å²) in [6, 6.07) is 0. The van der Waals surface area contributed by atoms with Gasteiger partial charge < -0.3 is 14.2 Å². The van der Waals surface area contributed by atoms with E-state index >= 15 is 0 Å². The van der Waals surface area contributed by atoms with E-state index in [4.69, 9.17) is 14.2 Å². The Morgan fingerprint density at radius 1 is 0.941 bits per heavy atom. The number of allylic oxidation sites excluding steroid dienone is 2. The molecule has 4 atom stereocenters. The number of carbonyl (C=O) groups is 2. The minimum absolute atomic E-state index is 0.0770. The standard InChI is InChI=1S/C12H12O5/c1-15-11-9-7-5(13)3-4-6(14)8(7)10(17-9)12(11)16-2/h3-4,7-10H,1-2H3/t7-,8+,9+,10-. The summed E-state index contributed by atoms with van der Waals surface area (Å²) >= 11 is 0. The largest absolute Gasteiger partial charge is 0.495 e. The lowest BCUT2D eigenvalue weighted by Crippen LogP contribution is -2.41. The summed E-state index contributed by atoms with van der Waals surface area (Å²) in [7, 11) is 3.02. The Labute approximate surface area is 98.0 Å². The van der Waals surface area contributed by atoms with Crippen molar-refractivity contribution in [3.63, 3.8) is 0 Å². The zero-order chi connectivity index (χ0) is 12.2. The van der Waals surface area contributed by atoms with Crippen LogP contribution in [0.2, 0.25) is 0 Å². The molecule has 2 bridgehead atoms. The number of ether oxygens (including phenoxy) is 3. The average molecular weight is 236 g/mol. The molecular formula is C12H12O5. The Bertz CT molecular complexity index is 422. The van der Waals surface area contributed by atoms with E-state index in [1.807, 2.05) is 0 Å². The van der Waals surface area contributed by atoms with E-state index in [2.05, 4.69) is 0 Å². The molecule has 0 amide bonds. The molecule has 0 spiro atoms. The fourth-order valence-electron chi connectivity index (χ4n) is 2.91. The first-order valence-electron chi connectivity index (χ1n) is 5.42. The summed E-state index contributed by atoms with van der Waals surface area (Å²) < 4.78 is 16.1. The quantitative estimate of drug-likeness (QED) is 0.686. The van der Waals surface area contributed by atoms with Crippen LogP contribution in [0.15, 0.2) is 23.7 Å². The molecule has 3 aliphatic rings. The predicted octanol–water partition coefficient (Wildman–Crippen LogP) is 0.212. The summed E-state index contributed by atoms with van der Waals surface area (Å²) in [5.41, 5.74) is 0. The molecular weight excluding hydrogens is 224 g/mol. The van der Waals surface area contributed by atoms with Crippen molar-refractivity contribution in [1.82, 2.24) is 0 Å². The molecule has 0 N–H and O–H groups in total. The highest BCUT2D eigenvalue weighted by molar-refractivity contribution is 6.08. The maximum atomic E-state index is 11.8. The highest BCUT2D eigenvalue weighted by Gasteiger charge is 2.61. The first-order chi connectivity index (χ1) is 8.19. The van der Waals surface area contributed by atoms with E-state index in [-0.39, 0.29) is 11.6 Å². The van der Waals surface area contributed by atoms with Crippen LogP contribution in [0.3, 0.4) is 0 Å². The summed E-state index contributed by atoms with van der Waals surface area (Å²) in [6.07, 6.45) is 1.69. The number of hydrogen-bond donors (Lipinski definition) is 0. The third-order valence-electron chi connectivity index (χ3n) is 3.60. The lowest BCUT2D eigenvalue weighted by atomic mass is 9.73. The van der Waals surface area contributed by atoms with Gasteiger partial charge in [-0.15, -0.1) is 0 Å². The summed E-state index contributed by atoms with van der Waals surface area (Å²) in [5, 5.41) is 0. The molecule has 3 rings (SSSR count). The zero-order valence-electron chi connectivity index (χ0n) is 9.51. The molecule has 17 heavy (non-hydrogen) atoms. The molecule has 0 aromatic carbocycles. The minimum Gasteiger partial charge on any atom is -0.495 e. The van der Waals surface area contributed by atoms with Gasteiger partial charge in [-0.25, -0.2) is 0 Å². The smallest absolute Gasteiger partial charge is 0.165 e. The van der Waals surface area contributed by atoms with Crippen LogP contribution < -0.4 is 0 Å². The Morgan fingerprint density at radius 2 is 1.35 bits per heavy atom. The van der Waals surface area contributed by atoms with Crippen LogP contribution >= 0.6 is 0 Å². The van der Waals surface area contributed by atoms with Crippen LogP contribution in [0.1, 0.15) is 0 Å². The van der Waals surface area contributed by atoms with Gasteiger partial charge in [-0.2, -0.15) is 0 Å². The van der Waals surface area contributed by atoms with E-state index in [0.29, 0.717) is 11.5 Å². The summed E-state index contributed by atoms with van der Waals surface area (Å²) in [5.74, 6) is 0.0155. The van der Waals surface area contributed by atoms with Gasteiger partial charge in [-0.3, -0.25) is 9.59 Å². The fourth-order valence-corrected chi connectivity index (χ4v) is 2.91. The van der Waals surface area contributed by atoms with Crippen LogP contribution in [0.25, 0.3) is 0 Å². The number of methoxy groups -OCH3 is 2. The fraction of sp³-hybridized carbons (Fsp3) is 0.500. The van der Waals surface area contributed by atoms with Gasteiger partial charge in [0.1, 0.15) is 12.2 Å². The molecule has 0 aromatic heterocycles. The van der Waals surface area contributed by atoms with Gasteiger partial charge >= 0.3 is 0 Å². The molecule has 0 unspecified atom stereocenters. The van der Waals surface area contributed by atoms with Gasteiger partial charge in [0.05, 0.1) is 26.1 Å². The molecule has 1 fully saturated rings. The first kappa shape index (κ1) is 10.5. The third kappa shape index (κ3) is 1.17. The van der Waals surface area contributed by atoms with Crippen molar-refractivity contribution in [1.29, 1.82) is 0 Å². The average Bonchev–Trinajstić information content (AvgIpc) is 2.88. The molecule has 90 valence electrons. The second-order valence-electron chi connectivity index (χ2n) is 4.30. The van der Waals surface area contributed by atoms with Crippen LogP contribution in [-0.2, 0) is 23.8 Å². The maximum Gasteiger partial charge on any atom is 0.165 e. The number of rotatable bonds is 2. The van der Waals surface area contributed by atoms with Gasteiger partial charge in [0.25, 0.3) is 0 Å². The van der Waals surface area contributed by atoms with E-state index in [0.717, 1.165) is 0 Å². The molecule has 5 heteroatoms. The molecule has 1 saturated heterocycles. The number of ketones is 2.